The fourth-order valence-electron chi connectivity index (χ4n) is 3.70. The highest BCUT2D eigenvalue weighted by atomic mass is 16.6. The van der Waals surface area contributed by atoms with E-state index < -0.39 is 6.04 Å². The molecule has 146 valence electrons. The SMILES string of the molecule is CCOC(=O)N1CCC(NC(=O)C2CCC(=O)N2Cc2ccccc2)CC1. The van der Waals surface area contributed by atoms with E-state index in [1.165, 1.54) is 0 Å². The Hall–Kier alpha value is -2.57. The molecule has 2 saturated heterocycles. The van der Waals surface area contributed by atoms with E-state index in [9.17, 15) is 14.4 Å². The predicted molar refractivity (Wildman–Crippen MR) is 99.8 cm³/mol. The lowest BCUT2D eigenvalue weighted by Crippen LogP contribution is -2.51. The quantitative estimate of drug-likeness (QED) is 0.855. The van der Waals surface area contributed by atoms with Crippen molar-refractivity contribution in [2.45, 2.75) is 51.2 Å². The number of hydrogen-bond acceptors (Lipinski definition) is 4. The van der Waals surface area contributed by atoms with E-state index in [1.54, 1.807) is 16.7 Å². The summed E-state index contributed by atoms with van der Waals surface area (Å²) >= 11 is 0. The molecule has 0 aliphatic carbocycles. The van der Waals surface area contributed by atoms with Crippen LogP contribution < -0.4 is 5.32 Å². The van der Waals surface area contributed by atoms with Crippen LogP contribution in [0.5, 0.6) is 0 Å². The van der Waals surface area contributed by atoms with Crippen molar-refractivity contribution >= 4 is 17.9 Å². The van der Waals surface area contributed by atoms with Gasteiger partial charge in [0.05, 0.1) is 6.61 Å². The number of piperidine rings is 1. The number of likely N-dealkylation sites (tertiary alicyclic amines) is 2. The highest BCUT2D eigenvalue weighted by Crippen LogP contribution is 2.22. The Balaban J connectivity index is 1.53. The molecule has 0 saturated carbocycles. The van der Waals surface area contributed by atoms with Gasteiger partial charge < -0.3 is 19.9 Å². The lowest BCUT2D eigenvalue weighted by molar-refractivity contribution is -0.136. The first kappa shape index (κ1) is 19.2. The Morgan fingerprint density at radius 3 is 2.52 bits per heavy atom. The lowest BCUT2D eigenvalue weighted by atomic mass is 10.0. The van der Waals surface area contributed by atoms with E-state index in [1.807, 2.05) is 30.3 Å². The molecule has 0 spiro atoms. The summed E-state index contributed by atoms with van der Waals surface area (Å²) in [6.07, 6.45) is 2.07. The number of hydrogen-bond donors (Lipinski definition) is 1. The van der Waals surface area contributed by atoms with Crippen molar-refractivity contribution in [2.75, 3.05) is 19.7 Å². The van der Waals surface area contributed by atoms with Crippen LogP contribution in [0.2, 0.25) is 0 Å². The standard InChI is InChI=1S/C20H27N3O4/c1-2-27-20(26)22-12-10-16(11-13-22)21-19(25)17-8-9-18(24)23(17)14-15-6-4-3-5-7-15/h3-7,16-17H,2,8-14H2,1H3,(H,21,25). The summed E-state index contributed by atoms with van der Waals surface area (Å²) in [5.74, 6) is -0.0671. The highest BCUT2D eigenvalue weighted by Gasteiger charge is 2.37. The molecule has 1 unspecified atom stereocenters. The van der Waals surface area contributed by atoms with Crippen LogP contribution in [-0.2, 0) is 20.9 Å². The Bertz CT molecular complexity index is 671. The first-order valence-corrected chi connectivity index (χ1v) is 9.64. The third kappa shape index (κ3) is 4.78. The van der Waals surface area contributed by atoms with Crippen LogP contribution in [0.4, 0.5) is 4.79 Å². The van der Waals surface area contributed by atoms with Crippen molar-refractivity contribution in [3.63, 3.8) is 0 Å². The molecule has 2 aliphatic rings. The van der Waals surface area contributed by atoms with Crippen molar-refractivity contribution in [1.82, 2.24) is 15.1 Å². The van der Waals surface area contributed by atoms with Crippen molar-refractivity contribution in [2.24, 2.45) is 0 Å². The minimum absolute atomic E-state index is 0.0242. The first-order chi connectivity index (χ1) is 13.1. The molecule has 2 fully saturated rings. The second kappa shape index (κ2) is 8.88. The maximum atomic E-state index is 12.8. The first-order valence-electron chi connectivity index (χ1n) is 9.64. The van der Waals surface area contributed by atoms with Gasteiger partial charge in [-0.15, -0.1) is 0 Å². The van der Waals surface area contributed by atoms with E-state index in [4.69, 9.17) is 4.74 Å². The Labute approximate surface area is 159 Å². The molecule has 3 rings (SSSR count). The summed E-state index contributed by atoms with van der Waals surface area (Å²) in [6.45, 7) is 3.75. The van der Waals surface area contributed by atoms with Gasteiger partial charge in [0.2, 0.25) is 11.8 Å². The summed E-state index contributed by atoms with van der Waals surface area (Å²) in [4.78, 5) is 40.1. The fraction of sp³-hybridized carbons (Fsp3) is 0.550. The van der Waals surface area contributed by atoms with Crippen molar-refractivity contribution in [3.05, 3.63) is 35.9 Å². The molecule has 1 aromatic carbocycles. The molecule has 2 heterocycles. The largest absolute Gasteiger partial charge is 0.450 e. The van der Waals surface area contributed by atoms with Gasteiger partial charge in [-0.1, -0.05) is 30.3 Å². The van der Waals surface area contributed by atoms with Crippen molar-refractivity contribution in [1.29, 1.82) is 0 Å². The maximum Gasteiger partial charge on any atom is 0.409 e. The summed E-state index contributed by atoms with van der Waals surface area (Å²) in [7, 11) is 0. The third-order valence-electron chi connectivity index (χ3n) is 5.19. The number of nitrogens with zero attached hydrogens (tertiary/aromatic N) is 2. The van der Waals surface area contributed by atoms with E-state index in [0.717, 1.165) is 5.56 Å². The average Bonchev–Trinajstić information content (AvgIpc) is 3.04. The van der Waals surface area contributed by atoms with Gasteiger partial charge in [-0.05, 0) is 31.7 Å². The molecule has 7 nitrogen and oxygen atoms in total. The molecular weight excluding hydrogens is 346 g/mol. The second-order valence-electron chi connectivity index (χ2n) is 7.03. The van der Waals surface area contributed by atoms with Crippen LogP contribution in [0, 0.1) is 0 Å². The van der Waals surface area contributed by atoms with E-state index in [2.05, 4.69) is 5.32 Å². The van der Waals surface area contributed by atoms with E-state index in [0.29, 0.717) is 51.9 Å². The topological polar surface area (TPSA) is 79.0 Å². The second-order valence-corrected chi connectivity index (χ2v) is 7.03. The van der Waals surface area contributed by atoms with Crippen LogP contribution in [0.1, 0.15) is 38.2 Å². The number of benzene rings is 1. The van der Waals surface area contributed by atoms with Crippen molar-refractivity contribution in [3.8, 4) is 0 Å². The van der Waals surface area contributed by atoms with Gasteiger partial charge >= 0.3 is 6.09 Å². The molecular formula is C20H27N3O4. The minimum atomic E-state index is -0.416. The van der Waals surface area contributed by atoms with Crippen LogP contribution >= 0.6 is 0 Å². The van der Waals surface area contributed by atoms with Gasteiger partial charge in [-0.3, -0.25) is 9.59 Å². The molecule has 7 heteroatoms. The van der Waals surface area contributed by atoms with Crippen LogP contribution in [0.3, 0.4) is 0 Å². The summed E-state index contributed by atoms with van der Waals surface area (Å²) < 4.78 is 5.02. The number of carbonyl (C=O) groups is 3. The van der Waals surface area contributed by atoms with Gasteiger partial charge in [0.1, 0.15) is 6.04 Å². The third-order valence-corrected chi connectivity index (χ3v) is 5.19. The maximum absolute atomic E-state index is 12.8. The number of ether oxygens (including phenoxy) is 1. The monoisotopic (exact) mass is 373 g/mol. The Morgan fingerprint density at radius 2 is 1.85 bits per heavy atom. The van der Waals surface area contributed by atoms with E-state index in [-0.39, 0.29) is 23.9 Å². The molecule has 0 aromatic heterocycles. The van der Waals surface area contributed by atoms with Crippen LogP contribution in [-0.4, -0.2) is 59.5 Å². The van der Waals surface area contributed by atoms with Gasteiger partial charge in [0, 0.05) is 32.1 Å². The number of carbonyl (C=O) groups excluding carboxylic acids is 3. The van der Waals surface area contributed by atoms with Crippen LogP contribution in [0.25, 0.3) is 0 Å². The molecule has 1 N–H and O–H groups in total. The number of rotatable bonds is 5. The molecule has 27 heavy (non-hydrogen) atoms. The van der Waals surface area contributed by atoms with Gasteiger partial charge in [-0.2, -0.15) is 0 Å². The van der Waals surface area contributed by atoms with Crippen molar-refractivity contribution < 1.29 is 19.1 Å². The smallest absolute Gasteiger partial charge is 0.409 e. The molecule has 3 amide bonds. The summed E-state index contributed by atoms with van der Waals surface area (Å²) in [5.41, 5.74) is 1.02. The Kier molecular flexibility index (Phi) is 6.32. The van der Waals surface area contributed by atoms with Crippen LogP contribution in [0.15, 0.2) is 30.3 Å². The molecule has 0 radical (unpaired) electrons. The zero-order valence-corrected chi connectivity index (χ0v) is 15.7. The number of nitrogens with one attached hydrogen (secondary N) is 1. The molecule has 0 bridgehead atoms. The normalized spacial score (nSPS) is 20.6. The number of amides is 3. The zero-order valence-electron chi connectivity index (χ0n) is 15.7. The van der Waals surface area contributed by atoms with Gasteiger partial charge in [0.15, 0.2) is 0 Å². The van der Waals surface area contributed by atoms with Gasteiger partial charge in [-0.25, -0.2) is 4.79 Å². The van der Waals surface area contributed by atoms with E-state index >= 15 is 0 Å². The highest BCUT2D eigenvalue weighted by molar-refractivity contribution is 5.91. The average molecular weight is 373 g/mol. The molecule has 2 aliphatic heterocycles. The summed E-state index contributed by atoms with van der Waals surface area (Å²) in [6, 6.07) is 9.34. The minimum Gasteiger partial charge on any atom is -0.450 e. The fourth-order valence-corrected chi connectivity index (χ4v) is 3.70. The lowest BCUT2D eigenvalue weighted by Gasteiger charge is -2.33. The Morgan fingerprint density at radius 1 is 1.15 bits per heavy atom. The summed E-state index contributed by atoms with van der Waals surface area (Å²) in [5, 5.41) is 3.08. The molecule has 1 atom stereocenters. The molecule has 1 aromatic rings. The zero-order chi connectivity index (χ0) is 19.2. The van der Waals surface area contributed by atoms with Gasteiger partial charge in [0.25, 0.3) is 0 Å². The predicted octanol–water partition coefficient (Wildman–Crippen LogP) is 1.91.